The van der Waals surface area contributed by atoms with Gasteiger partial charge in [-0.1, -0.05) is 103 Å². The van der Waals surface area contributed by atoms with E-state index in [1.807, 2.05) is 36.4 Å². The summed E-state index contributed by atoms with van der Waals surface area (Å²) in [7, 11) is 0. The number of hydrogen-bond acceptors (Lipinski definition) is 0. The molecule has 0 saturated carbocycles. The lowest BCUT2D eigenvalue weighted by Crippen LogP contribution is -1.97. The van der Waals surface area contributed by atoms with Crippen LogP contribution in [0.15, 0.2) is 176 Å². The second-order valence-electron chi connectivity index (χ2n) is 14.0. The number of nitrogens with zero attached hydrogens (tertiary/aromatic N) is 5. The van der Waals surface area contributed by atoms with Gasteiger partial charge in [-0.15, -0.1) is 0 Å². The minimum atomic E-state index is 0.554. The Hall–Kier alpha value is -7.86. The molecule has 0 saturated heterocycles. The van der Waals surface area contributed by atoms with Gasteiger partial charge in [-0.05, 0) is 89.3 Å². The first-order valence-electron chi connectivity index (χ1n) is 18.3. The van der Waals surface area contributed by atoms with Crippen molar-refractivity contribution >= 4 is 76.8 Å². The van der Waals surface area contributed by atoms with E-state index < -0.39 is 0 Å². The second-order valence-corrected chi connectivity index (χ2v) is 14.0. The molecular weight excluding hydrogens is 671 g/mol. The van der Waals surface area contributed by atoms with E-state index in [0.717, 1.165) is 61.0 Å². The molecule has 0 spiro atoms. The normalized spacial score (nSPS) is 11.6. The lowest BCUT2D eigenvalue weighted by Gasteiger charge is -2.14. The number of fused-ring (bicyclic) bond motifs is 9. The van der Waals surface area contributed by atoms with Crippen LogP contribution < -0.4 is 0 Å². The summed E-state index contributed by atoms with van der Waals surface area (Å²) in [6.07, 6.45) is 0. The summed E-state index contributed by atoms with van der Waals surface area (Å²) in [5, 5.41) is 6.80. The van der Waals surface area contributed by atoms with Crippen LogP contribution in [-0.4, -0.2) is 13.7 Å². The predicted molar refractivity (Wildman–Crippen MR) is 227 cm³/mol. The number of aromatic nitrogens is 3. The van der Waals surface area contributed by atoms with Crippen molar-refractivity contribution in [3.8, 4) is 28.2 Å². The standard InChI is InChI=1S/C50H29N5/c1-51-34-27-33(29-37(30-34)55-47-23-10-6-18-42(47)50-43(52-2)19-12-24-48(50)55)32-13-11-14-35(28-32)54-46-22-9-5-17-40(46)41-26-25-36(31-49(41)54)53-44-20-7-3-15-38(44)39-16-4-8-21-45(39)53/h3-31H. The molecule has 3 aromatic heterocycles. The van der Waals surface area contributed by atoms with E-state index in [0.29, 0.717) is 11.4 Å². The molecule has 254 valence electrons. The van der Waals surface area contributed by atoms with E-state index in [9.17, 15) is 0 Å². The van der Waals surface area contributed by atoms with E-state index in [-0.39, 0.29) is 0 Å². The SMILES string of the molecule is [C-]#[N+]c1cc(-c2cccc(-n3c4ccccc4c4ccc(-n5c6ccccc6c6ccccc65)cc43)c2)cc(-n2c3ccccc3c3c([N+]#[C-])cccc32)c1. The Bertz CT molecular complexity index is 3420. The highest BCUT2D eigenvalue weighted by molar-refractivity contribution is 6.15. The molecule has 0 aliphatic heterocycles. The summed E-state index contributed by atoms with van der Waals surface area (Å²) < 4.78 is 6.92. The summed E-state index contributed by atoms with van der Waals surface area (Å²) in [4.78, 5) is 7.80. The Kier molecular flexibility index (Phi) is 6.61. The molecule has 11 aromatic rings. The average molecular weight is 700 g/mol. The van der Waals surface area contributed by atoms with Crippen LogP contribution >= 0.6 is 0 Å². The molecule has 11 rings (SSSR count). The highest BCUT2D eigenvalue weighted by atomic mass is 15.0. The highest BCUT2D eigenvalue weighted by Gasteiger charge is 2.19. The van der Waals surface area contributed by atoms with Crippen molar-refractivity contribution in [3.05, 3.63) is 199 Å². The van der Waals surface area contributed by atoms with Gasteiger partial charge in [0, 0.05) is 49.5 Å². The van der Waals surface area contributed by atoms with Gasteiger partial charge in [-0.25, -0.2) is 9.69 Å². The van der Waals surface area contributed by atoms with Crippen molar-refractivity contribution in [1.82, 2.24) is 13.7 Å². The number of benzene rings is 8. The van der Waals surface area contributed by atoms with Gasteiger partial charge in [0.1, 0.15) is 0 Å². The maximum atomic E-state index is 8.10. The fourth-order valence-electron chi connectivity index (χ4n) is 8.73. The number of rotatable bonds is 4. The summed E-state index contributed by atoms with van der Waals surface area (Å²) >= 11 is 0. The Morgan fingerprint density at radius 1 is 0.327 bits per heavy atom. The molecule has 0 unspecified atom stereocenters. The molecule has 5 nitrogen and oxygen atoms in total. The van der Waals surface area contributed by atoms with Gasteiger partial charge in [0.2, 0.25) is 0 Å². The zero-order chi connectivity index (χ0) is 36.6. The van der Waals surface area contributed by atoms with Crippen molar-refractivity contribution in [3.63, 3.8) is 0 Å². The van der Waals surface area contributed by atoms with Gasteiger partial charge in [-0.3, -0.25) is 0 Å². The zero-order valence-electron chi connectivity index (χ0n) is 29.5. The molecule has 3 heterocycles. The van der Waals surface area contributed by atoms with Crippen LogP contribution in [0.5, 0.6) is 0 Å². The first kappa shape index (κ1) is 30.7. The van der Waals surface area contributed by atoms with Crippen molar-refractivity contribution in [2.45, 2.75) is 0 Å². The number of para-hydroxylation sites is 4. The molecule has 8 aromatic carbocycles. The summed E-state index contributed by atoms with van der Waals surface area (Å²) in [5.74, 6) is 0. The fourth-order valence-corrected chi connectivity index (χ4v) is 8.73. The molecule has 0 radical (unpaired) electrons. The molecule has 55 heavy (non-hydrogen) atoms. The van der Waals surface area contributed by atoms with Crippen LogP contribution in [0.2, 0.25) is 0 Å². The van der Waals surface area contributed by atoms with Gasteiger partial charge in [0.25, 0.3) is 0 Å². The Morgan fingerprint density at radius 2 is 0.836 bits per heavy atom. The van der Waals surface area contributed by atoms with Crippen LogP contribution in [-0.2, 0) is 0 Å². The minimum Gasteiger partial charge on any atom is -0.312 e. The van der Waals surface area contributed by atoms with Crippen molar-refractivity contribution in [2.24, 2.45) is 0 Å². The fraction of sp³-hybridized carbons (Fsp3) is 0. The van der Waals surface area contributed by atoms with Crippen LogP contribution in [0.3, 0.4) is 0 Å². The first-order chi connectivity index (χ1) is 27.2. The summed E-state index contributed by atoms with van der Waals surface area (Å²) in [6.45, 7) is 16.0. The number of hydrogen-bond donors (Lipinski definition) is 0. The lowest BCUT2D eigenvalue weighted by atomic mass is 10.0. The maximum Gasteiger partial charge on any atom is 0.197 e. The molecule has 0 aliphatic carbocycles. The summed E-state index contributed by atoms with van der Waals surface area (Å²) in [5.41, 5.74) is 12.7. The molecular formula is C50H29N5. The second kappa shape index (κ2) is 11.8. The largest absolute Gasteiger partial charge is 0.312 e. The lowest BCUT2D eigenvalue weighted by molar-refractivity contribution is 1.15. The van der Waals surface area contributed by atoms with Crippen LogP contribution in [0.4, 0.5) is 11.4 Å². The third-order valence-electron chi connectivity index (χ3n) is 11.0. The average Bonchev–Trinajstić information content (AvgIpc) is 3.89. The highest BCUT2D eigenvalue weighted by Crippen LogP contribution is 2.41. The van der Waals surface area contributed by atoms with Crippen LogP contribution in [0.25, 0.3) is 103 Å². The maximum absolute atomic E-state index is 8.10. The molecule has 5 heteroatoms. The summed E-state index contributed by atoms with van der Waals surface area (Å²) in [6, 6.07) is 61.4. The van der Waals surface area contributed by atoms with Crippen molar-refractivity contribution < 1.29 is 0 Å². The van der Waals surface area contributed by atoms with E-state index >= 15 is 0 Å². The van der Waals surface area contributed by atoms with E-state index in [4.69, 9.17) is 13.1 Å². The van der Waals surface area contributed by atoms with E-state index in [1.54, 1.807) is 0 Å². The smallest absolute Gasteiger partial charge is 0.197 e. The third kappa shape index (κ3) is 4.51. The zero-order valence-corrected chi connectivity index (χ0v) is 29.5. The van der Waals surface area contributed by atoms with E-state index in [1.165, 1.54) is 32.6 Å². The molecule has 0 aliphatic rings. The van der Waals surface area contributed by atoms with Gasteiger partial charge in [-0.2, -0.15) is 0 Å². The van der Waals surface area contributed by atoms with Gasteiger partial charge >= 0.3 is 0 Å². The molecule has 0 N–H and O–H groups in total. The first-order valence-corrected chi connectivity index (χ1v) is 18.3. The molecule has 0 amide bonds. The Balaban J connectivity index is 1.12. The molecule has 0 atom stereocenters. The minimum absolute atomic E-state index is 0.554. The molecule has 0 fully saturated rings. The Morgan fingerprint density at radius 3 is 1.49 bits per heavy atom. The monoisotopic (exact) mass is 699 g/mol. The van der Waals surface area contributed by atoms with Gasteiger partial charge in [0.15, 0.2) is 11.4 Å². The van der Waals surface area contributed by atoms with Crippen molar-refractivity contribution in [2.75, 3.05) is 0 Å². The van der Waals surface area contributed by atoms with Gasteiger partial charge < -0.3 is 13.7 Å². The quantitative estimate of drug-likeness (QED) is 0.163. The van der Waals surface area contributed by atoms with Gasteiger partial charge in [0.05, 0.1) is 40.7 Å². The van der Waals surface area contributed by atoms with Crippen LogP contribution in [0, 0.1) is 13.1 Å². The van der Waals surface area contributed by atoms with E-state index in [2.05, 4.69) is 163 Å². The molecule has 0 bridgehead atoms. The Labute approximate surface area is 316 Å². The van der Waals surface area contributed by atoms with Crippen molar-refractivity contribution in [1.29, 1.82) is 0 Å². The predicted octanol–water partition coefficient (Wildman–Crippen LogP) is 13.7. The third-order valence-corrected chi connectivity index (χ3v) is 11.0. The topological polar surface area (TPSA) is 23.5 Å². The van der Waals surface area contributed by atoms with Crippen LogP contribution in [0.1, 0.15) is 0 Å².